The second kappa shape index (κ2) is 18.2. The summed E-state index contributed by atoms with van der Waals surface area (Å²) in [6.45, 7) is 4.65. The topological polar surface area (TPSA) is 185 Å². The Bertz CT molecular complexity index is 2080. The smallest absolute Gasteiger partial charge is 0.277 e. The van der Waals surface area contributed by atoms with Crippen LogP contribution in [0.5, 0.6) is 23.0 Å². The number of carbonyl (C=O) groups is 4. The molecule has 0 spiro atoms. The molecule has 14 nitrogen and oxygen atoms in total. The molecule has 4 aromatic carbocycles. The summed E-state index contributed by atoms with van der Waals surface area (Å²) in [5, 5.41) is 22.1. The van der Waals surface area contributed by atoms with E-state index in [-0.39, 0.29) is 24.7 Å². The minimum absolute atomic E-state index is 0.00628. The minimum atomic E-state index is -0.535. The molecule has 55 heavy (non-hydrogen) atoms. The molecule has 4 amide bonds. The zero-order valence-electron chi connectivity index (χ0n) is 31.2. The molecule has 0 aliphatic carbocycles. The van der Waals surface area contributed by atoms with Crippen molar-refractivity contribution >= 4 is 29.3 Å². The molecule has 0 bridgehead atoms. The fraction of sp³-hybridized carbons (Fsp3) is 0.293. The zero-order valence-corrected chi connectivity index (χ0v) is 31.2. The Morgan fingerprint density at radius 1 is 0.800 bits per heavy atom. The van der Waals surface area contributed by atoms with Gasteiger partial charge in [0.1, 0.15) is 0 Å². The van der Waals surface area contributed by atoms with Gasteiger partial charge < -0.3 is 24.3 Å². The van der Waals surface area contributed by atoms with Crippen LogP contribution < -0.4 is 29.7 Å². The van der Waals surface area contributed by atoms with Crippen LogP contribution in [0.15, 0.2) is 89.9 Å². The van der Waals surface area contributed by atoms with Crippen molar-refractivity contribution in [3.63, 3.8) is 0 Å². The van der Waals surface area contributed by atoms with Gasteiger partial charge in [-0.05, 0) is 66.9 Å². The Morgan fingerprint density at radius 3 is 1.95 bits per heavy atom. The van der Waals surface area contributed by atoms with Gasteiger partial charge in [0.15, 0.2) is 23.0 Å². The van der Waals surface area contributed by atoms with Gasteiger partial charge in [0.25, 0.3) is 11.8 Å². The van der Waals surface area contributed by atoms with Crippen LogP contribution in [0.4, 0.5) is 0 Å². The third kappa shape index (κ3) is 8.94. The summed E-state index contributed by atoms with van der Waals surface area (Å²) in [6.07, 6.45) is -0.0565. The zero-order chi connectivity index (χ0) is 39.6. The number of ether oxygens (including phenoxy) is 4. The number of amides is 4. The van der Waals surface area contributed by atoms with Crippen molar-refractivity contribution in [3.8, 4) is 23.0 Å². The van der Waals surface area contributed by atoms with Gasteiger partial charge in [-0.15, -0.1) is 0 Å². The number of rotatable bonds is 14. The van der Waals surface area contributed by atoms with E-state index in [0.29, 0.717) is 63.7 Å². The Hall–Kier alpha value is -6.25. The lowest BCUT2D eigenvalue weighted by molar-refractivity contribution is -0.159. The first-order valence-electron chi connectivity index (χ1n) is 17.7. The molecular weight excluding hydrogens is 708 g/mol. The maximum absolute atomic E-state index is 12.3. The summed E-state index contributed by atoms with van der Waals surface area (Å²) in [5.41, 5.74) is 6.34. The molecule has 288 valence electrons. The van der Waals surface area contributed by atoms with Gasteiger partial charge in [-0.3, -0.25) is 29.6 Å². The van der Waals surface area contributed by atoms with Gasteiger partial charge in [-0.1, -0.05) is 48.5 Å². The van der Waals surface area contributed by atoms with Crippen molar-refractivity contribution in [1.29, 1.82) is 0 Å². The predicted molar refractivity (Wildman–Crippen MR) is 201 cm³/mol. The SMILES string of the molecule is CCOc1cc(C(CC(=O)N(C)O)C2=NC(=O)c3ccccc32)ccc1OC.CCOc1cc(C(CC(=O)NO)C2NC(=O)c3ccccc32)ccc1OC. The number of fused-ring (bicyclic) bond motifs is 2. The first kappa shape index (κ1) is 39.9. The van der Waals surface area contributed by atoms with Crippen LogP contribution in [0.2, 0.25) is 0 Å². The summed E-state index contributed by atoms with van der Waals surface area (Å²) >= 11 is 0. The van der Waals surface area contributed by atoms with Crippen molar-refractivity contribution in [2.45, 2.75) is 44.6 Å². The maximum atomic E-state index is 12.3. The molecule has 0 radical (unpaired) electrons. The van der Waals surface area contributed by atoms with Crippen LogP contribution >= 0.6 is 0 Å². The number of nitrogens with zero attached hydrogens (tertiary/aromatic N) is 2. The molecule has 2 aliphatic rings. The van der Waals surface area contributed by atoms with E-state index in [9.17, 15) is 24.4 Å². The Morgan fingerprint density at radius 2 is 1.36 bits per heavy atom. The second-order valence-electron chi connectivity index (χ2n) is 12.6. The Labute approximate surface area is 318 Å². The lowest BCUT2D eigenvalue weighted by atomic mass is 9.84. The summed E-state index contributed by atoms with van der Waals surface area (Å²) < 4.78 is 21.9. The number of aliphatic imine (C=N–C) groups is 1. The molecule has 0 aromatic heterocycles. The Balaban J connectivity index is 0.000000211. The molecular formula is C41H44N4O10. The minimum Gasteiger partial charge on any atom is -0.493 e. The highest BCUT2D eigenvalue weighted by Crippen LogP contribution is 2.42. The van der Waals surface area contributed by atoms with Crippen LogP contribution in [0.3, 0.4) is 0 Å². The Kier molecular flexibility index (Phi) is 13.2. The highest BCUT2D eigenvalue weighted by Gasteiger charge is 2.36. The molecule has 3 atom stereocenters. The van der Waals surface area contributed by atoms with E-state index in [1.807, 2.05) is 56.3 Å². The van der Waals surface area contributed by atoms with Crippen molar-refractivity contribution in [2.24, 2.45) is 4.99 Å². The predicted octanol–water partition coefficient (Wildman–Crippen LogP) is 5.62. The highest BCUT2D eigenvalue weighted by atomic mass is 16.5. The first-order chi connectivity index (χ1) is 26.5. The van der Waals surface area contributed by atoms with Crippen molar-refractivity contribution in [2.75, 3.05) is 34.5 Å². The standard InChI is InChI=1S/C21H22N2O5.C20H22N2O5/c1-4-28-18-11-13(9-10-17(18)27-3)16(12-19(24)23(2)26)20-14-7-5-6-8-15(14)21(25)22-20;1-3-27-17-10-12(8-9-16(17)26-2)15(11-18(23)22-25)19-13-6-4-5-7-14(13)20(24)21-19/h5-11,16,26H,4,12H2,1-3H3;4-10,15,19,25H,3,11H2,1-2H3,(H,21,24)(H,22,23). The van der Waals surface area contributed by atoms with Gasteiger partial charge >= 0.3 is 0 Å². The normalized spacial score (nSPS) is 14.9. The number of methoxy groups -OCH3 is 2. The number of benzene rings is 4. The summed E-state index contributed by atoms with van der Waals surface area (Å²) in [5.74, 6) is -0.204. The van der Waals surface area contributed by atoms with E-state index in [2.05, 4.69) is 10.3 Å². The summed E-state index contributed by atoms with van der Waals surface area (Å²) in [4.78, 5) is 53.1. The van der Waals surface area contributed by atoms with Gasteiger partial charge in [0.05, 0.1) is 44.8 Å². The summed E-state index contributed by atoms with van der Waals surface area (Å²) in [6, 6.07) is 24.8. The van der Waals surface area contributed by atoms with Crippen molar-refractivity contribution in [3.05, 3.63) is 118 Å². The van der Waals surface area contributed by atoms with Crippen molar-refractivity contribution in [1.82, 2.24) is 15.9 Å². The third-order valence-electron chi connectivity index (χ3n) is 9.29. The molecule has 0 fully saturated rings. The fourth-order valence-corrected chi connectivity index (χ4v) is 6.70. The summed E-state index contributed by atoms with van der Waals surface area (Å²) in [7, 11) is 4.38. The van der Waals surface area contributed by atoms with Gasteiger partial charge in [-0.25, -0.2) is 15.5 Å². The molecule has 14 heteroatoms. The van der Waals surface area contributed by atoms with E-state index in [1.54, 1.807) is 62.2 Å². The average Bonchev–Trinajstić information content (AvgIpc) is 3.71. The third-order valence-corrected chi connectivity index (χ3v) is 9.29. The number of carbonyl (C=O) groups excluding carboxylic acids is 4. The van der Waals surface area contributed by atoms with E-state index >= 15 is 0 Å². The van der Waals surface area contributed by atoms with E-state index in [4.69, 9.17) is 24.2 Å². The van der Waals surface area contributed by atoms with Gasteiger partial charge in [0.2, 0.25) is 11.8 Å². The monoisotopic (exact) mass is 752 g/mol. The van der Waals surface area contributed by atoms with Gasteiger partial charge in [0, 0.05) is 42.9 Å². The largest absolute Gasteiger partial charge is 0.493 e. The molecule has 0 saturated heterocycles. The molecule has 6 rings (SSSR count). The second-order valence-corrected chi connectivity index (χ2v) is 12.6. The lowest BCUT2D eigenvalue weighted by Gasteiger charge is -2.25. The molecule has 2 aliphatic heterocycles. The number of nitrogens with one attached hydrogen (secondary N) is 2. The number of hydrogen-bond acceptors (Lipinski definition) is 10. The molecule has 2 heterocycles. The fourth-order valence-electron chi connectivity index (χ4n) is 6.70. The quantitative estimate of drug-likeness (QED) is 0.0932. The van der Waals surface area contributed by atoms with E-state index in [1.165, 1.54) is 7.05 Å². The van der Waals surface area contributed by atoms with E-state index < -0.39 is 29.7 Å². The van der Waals surface area contributed by atoms with Crippen LogP contribution in [0, 0.1) is 0 Å². The number of hydroxylamine groups is 3. The highest BCUT2D eigenvalue weighted by molar-refractivity contribution is 6.23. The lowest BCUT2D eigenvalue weighted by Crippen LogP contribution is -2.29. The van der Waals surface area contributed by atoms with E-state index in [0.717, 1.165) is 16.7 Å². The maximum Gasteiger partial charge on any atom is 0.277 e. The molecule has 3 unspecified atom stereocenters. The number of hydrogen-bond donors (Lipinski definition) is 4. The molecule has 4 aromatic rings. The van der Waals surface area contributed by atoms with Crippen LogP contribution in [0.1, 0.15) is 87.5 Å². The van der Waals surface area contributed by atoms with Crippen LogP contribution in [-0.2, 0) is 9.59 Å². The molecule has 4 N–H and O–H groups in total. The van der Waals surface area contributed by atoms with Crippen LogP contribution in [-0.4, -0.2) is 79.3 Å². The first-order valence-corrected chi connectivity index (χ1v) is 17.7. The van der Waals surface area contributed by atoms with Crippen LogP contribution in [0.25, 0.3) is 0 Å². The average molecular weight is 753 g/mol. The van der Waals surface area contributed by atoms with Gasteiger partial charge in [-0.2, -0.15) is 0 Å². The van der Waals surface area contributed by atoms with Crippen molar-refractivity contribution < 1.29 is 48.5 Å². The molecule has 0 saturated carbocycles.